The predicted octanol–water partition coefficient (Wildman–Crippen LogP) is 12.7. The van der Waals surface area contributed by atoms with Gasteiger partial charge in [-0.2, -0.15) is 0 Å². The van der Waals surface area contributed by atoms with Gasteiger partial charge in [0.05, 0.1) is 11.4 Å². The van der Waals surface area contributed by atoms with Gasteiger partial charge in [-0.05, 0) is 63.7 Å². The smallest absolute Gasteiger partial charge is 0.136 e. The highest BCUT2D eigenvalue weighted by atomic mass is 32.1. The first-order valence-corrected chi connectivity index (χ1v) is 16.4. The number of aromatic nitrogens is 1. The summed E-state index contributed by atoms with van der Waals surface area (Å²) in [5.74, 6) is 0. The highest BCUT2D eigenvalue weighted by Gasteiger charge is 2.17. The maximum absolute atomic E-state index is 6.23. The normalized spacial score (nSPS) is 11.9. The first-order chi connectivity index (χ1) is 22.8. The van der Waals surface area contributed by atoms with Crippen molar-refractivity contribution in [3.8, 4) is 33.6 Å². The molecule has 7 aromatic carbocycles. The van der Waals surface area contributed by atoms with E-state index in [-0.39, 0.29) is 0 Å². The molecule has 214 valence electrons. The van der Waals surface area contributed by atoms with Gasteiger partial charge in [-0.3, -0.25) is 0 Å². The fraction of sp³-hybridized carbons (Fsp3) is 0. The molecule has 2 nitrogen and oxygen atoms in total. The average molecular weight is 604 g/mol. The zero-order valence-electron chi connectivity index (χ0n) is 24.7. The fourth-order valence-electron chi connectivity index (χ4n) is 7.06. The van der Waals surface area contributed by atoms with E-state index in [9.17, 15) is 0 Å². The van der Waals surface area contributed by atoms with E-state index in [4.69, 9.17) is 9.40 Å². The largest absolute Gasteiger partial charge is 0.456 e. The number of para-hydroxylation sites is 1. The minimum absolute atomic E-state index is 0.901. The van der Waals surface area contributed by atoms with Crippen molar-refractivity contribution in [2.45, 2.75) is 0 Å². The number of nitrogens with zero attached hydrogens (tertiary/aromatic N) is 1. The Morgan fingerprint density at radius 1 is 0.435 bits per heavy atom. The first-order valence-electron chi connectivity index (χ1n) is 15.5. The Kier molecular flexibility index (Phi) is 5.48. The molecule has 0 aliphatic heterocycles. The standard InChI is InChI=1S/C43H25NOS/c1-2-10-27(11-3-1)42-34-21-22-40-41(35-20-17-26-9-4-5-14-31(26)43(35)46-40)36(34)25-37(44-42)30-13-8-12-28(23-30)29-18-19-33-32-15-6-7-16-38(32)45-39(33)24-29/h1-25H. The van der Waals surface area contributed by atoms with Gasteiger partial charge in [-0.15, -0.1) is 11.3 Å². The summed E-state index contributed by atoms with van der Waals surface area (Å²) in [5.41, 5.74) is 8.24. The van der Waals surface area contributed by atoms with Crippen LogP contribution < -0.4 is 0 Å². The van der Waals surface area contributed by atoms with Crippen LogP contribution in [0.25, 0.3) is 97.3 Å². The highest BCUT2D eigenvalue weighted by Crippen LogP contribution is 2.44. The van der Waals surface area contributed by atoms with Gasteiger partial charge in [0.25, 0.3) is 0 Å². The monoisotopic (exact) mass is 603 g/mol. The molecule has 0 unspecified atom stereocenters. The van der Waals surface area contributed by atoms with Crippen LogP contribution in [-0.2, 0) is 0 Å². The van der Waals surface area contributed by atoms with Crippen LogP contribution in [0.3, 0.4) is 0 Å². The Labute approximate surface area is 268 Å². The van der Waals surface area contributed by atoms with E-state index < -0.39 is 0 Å². The minimum atomic E-state index is 0.901. The molecule has 0 saturated heterocycles. The van der Waals surface area contributed by atoms with Crippen LogP contribution in [-0.4, -0.2) is 4.98 Å². The van der Waals surface area contributed by atoms with E-state index in [1.807, 2.05) is 23.5 Å². The van der Waals surface area contributed by atoms with Crippen LogP contribution in [0.2, 0.25) is 0 Å². The summed E-state index contributed by atoms with van der Waals surface area (Å²) < 4.78 is 8.86. The predicted molar refractivity (Wildman–Crippen MR) is 196 cm³/mol. The van der Waals surface area contributed by atoms with Crippen LogP contribution in [0.15, 0.2) is 156 Å². The average Bonchev–Trinajstić information content (AvgIpc) is 3.70. The zero-order chi connectivity index (χ0) is 30.2. The lowest BCUT2D eigenvalue weighted by Crippen LogP contribution is -1.92. The molecule has 0 N–H and O–H groups in total. The number of pyridine rings is 1. The van der Waals surface area contributed by atoms with Crippen LogP contribution in [0, 0.1) is 0 Å². The molecule has 0 amide bonds. The highest BCUT2D eigenvalue weighted by molar-refractivity contribution is 7.26. The van der Waals surface area contributed by atoms with Crippen molar-refractivity contribution in [1.82, 2.24) is 4.98 Å². The SMILES string of the molecule is c1ccc(-c2nc(-c3cccc(-c4ccc5c(c4)oc4ccccc45)c3)cc3c2ccc2sc4c5ccccc5ccc4c23)cc1. The van der Waals surface area contributed by atoms with Crippen LogP contribution in [0.5, 0.6) is 0 Å². The third-order valence-electron chi connectivity index (χ3n) is 9.25. The van der Waals surface area contributed by atoms with E-state index in [2.05, 4.69) is 140 Å². The lowest BCUT2D eigenvalue weighted by atomic mass is 9.96. The van der Waals surface area contributed by atoms with Gasteiger partial charge in [0.2, 0.25) is 0 Å². The Balaban J connectivity index is 1.21. The first kappa shape index (κ1) is 25.5. The molecule has 0 bridgehead atoms. The molecule has 0 radical (unpaired) electrons. The molecule has 46 heavy (non-hydrogen) atoms. The summed E-state index contributed by atoms with van der Waals surface area (Å²) in [6, 6.07) is 54.1. The number of hydrogen-bond acceptors (Lipinski definition) is 3. The van der Waals surface area contributed by atoms with Crippen LogP contribution >= 0.6 is 11.3 Å². The molecule has 0 spiro atoms. The van der Waals surface area contributed by atoms with Crippen molar-refractivity contribution in [3.63, 3.8) is 0 Å². The van der Waals surface area contributed by atoms with Crippen LogP contribution in [0.4, 0.5) is 0 Å². The summed E-state index contributed by atoms with van der Waals surface area (Å²) in [6.07, 6.45) is 0. The van der Waals surface area contributed by atoms with Gasteiger partial charge >= 0.3 is 0 Å². The van der Waals surface area contributed by atoms with Gasteiger partial charge in [-0.25, -0.2) is 4.98 Å². The number of fused-ring (bicyclic) bond motifs is 10. The second-order valence-electron chi connectivity index (χ2n) is 11.9. The molecule has 0 aliphatic rings. The van der Waals surface area contributed by atoms with E-state index in [0.717, 1.165) is 55.6 Å². The van der Waals surface area contributed by atoms with Crippen molar-refractivity contribution < 1.29 is 4.42 Å². The van der Waals surface area contributed by atoms with E-state index >= 15 is 0 Å². The van der Waals surface area contributed by atoms with Crippen molar-refractivity contribution in [3.05, 3.63) is 152 Å². The quantitative estimate of drug-likeness (QED) is 0.201. The van der Waals surface area contributed by atoms with Gasteiger partial charge in [0.15, 0.2) is 0 Å². The number of furan rings is 1. The molecule has 3 heteroatoms. The molecule has 0 atom stereocenters. The summed E-state index contributed by atoms with van der Waals surface area (Å²) in [6.45, 7) is 0. The van der Waals surface area contributed by atoms with Crippen molar-refractivity contribution >= 4 is 75.0 Å². The third-order valence-corrected chi connectivity index (χ3v) is 10.5. The van der Waals surface area contributed by atoms with Gasteiger partial charge in [0, 0.05) is 47.5 Å². The molecule has 3 aromatic heterocycles. The third kappa shape index (κ3) is 3.86. The molecule has 10 rings (SSSR count). The lowest BCUT2D eigenvalue weighted by Gasteiger charge is -2.12. The molecule has 10 aromatic rings. The van der Waals surface area contributed by atoms with Crippen molar-refractivity contribution in [2.24, 2.45) is 0 Å². The topological polar surface area (TPSA) is 26.0 Å². The molecular formula is C43H25NOS. The van der Waals surface area contributed by atoms with E-state index in [1.54, 1.807) is 0 Å². The number of benzene rings is 7. The molecule has 3 heterocycles. The molecule has 0 aliphatic carbocycles. The summed E-state index contributed by atoms with van der Waals surface area (Å²) >= 11 is 1.88. The van der Waals surface area contributed by atoms with Gasteiger partial charge in [0.1, 0.15) is 11.2 Å². The molecule has 0 fully saturated rings. The van der Waals surface area contributed by atoms with Crippen LogP contribution in [0.1, 0.15) is 0 Å². The second-order valence-corrected chi connectivity index (χ2v) is 13.0. The van der Waals surface area contributed by atoms with Crippen molar-refractivity contribution in [2.75, 3.05) is 0 Å². The number of thiophene rings is 1. The summed E-state index contributed by atoms with van der Waals surface area (Å²) in [4.78, 5) is 5.36. The maximum Gasteiger partial charge on any atom is 0.136 e. The van der Waals surface area contributed by atoms with Crippen molar-refractivity contribution in [1.29, 1.82) is 0 Å². The molecule has 0 saturated carbocycles. The summed E-state index contributed by atoms with van der Waals surface area (Å²) in [7, 11) is 0. The zero-order valence-corrected chi connectivity index (χ0v) is 25.5. The second kappa shape index (κ2) is 9.87. The van der Waals surface area contributed by atoms with E-state index in [1.165, 1.54) is 41.7 Å². The summed E-state index contributed by atoms with van der Waals surface area (Å²) in [5, 5.41) is 9.87. The Morgan fingerprint density at radius 2 is 1.15 bits per heavy atom. The minimum Gasteiger partial charge on any atom is -0.456 e. The Bertz CT molecular complexity index is 2810. The maximum atomic E-state index is 6.23. The van der Waals surface area contributed by atoms with E-state index in [0.29, 0.717) is 0 Å². The van der Waals surface area contributed by atoms with Gasteiger partial charge < -0.3 is 4.42 Å². The van der Waals surface area contributed by atoms with Gasteiger partial charge in [-0.1, -0.05) is 115 Å². The fourth-order valence-corrected chi connectivity index (χ4v) is 8.31. The Hall–Kier alpha value is -5.77. The lowest BCUT2D eigenvalue weighted by molar-refractivity contribution is 0.669. The Morgan fingerprint density at radius 3 is 2.09 bits per heavy atom. The molecular weight excluding hydrogens is 579 g/mol. The number of rotatable bonds is 3. The number of hydrogen-bond donors (Lipinski definition) is 0.